The van der Waals surface area contributed by atoms with Crippen LogP contribution in [0.15, 0.2) is 23.2 Å². The number of nitrogens with zero attached hydrogens (tertiary/aromatic N) is 1. The molecule has 0 aromatic heterocycles. The Morgan fingerprint density at radius 3 is 2.54 bits per heavy atom. The van der Waals surface area contributed by atoms with Gasteiger partial charge in [-0.25, -0.2) is 4.99 Å². The summed E-state index contributed by atoms with van der Waals surface area (Å²) in [7, 11) is 0. The van der Waals surface area contributed by atoms with Crippen molar-refractivity contribution in [2.75, 3.05) is 31.6 Å². The number of rotatable bonds is 9. The van der Waals surface area contributed by atoms with E-state index in [0.717, 1.165) is 6.42 Å². The quantitative estimate of drug-likeness (QED) is 0.305. The van der Waals surface area contributed by atoms with Crippen molar-refractivity contribution >= 4 is 41.5 Å². The van der Waals surface area contributed by atoms with E-state index in [0.29, 0.717) is 36.9 Å². The molecule has 0 saturated heterocycles. The van der Waals surface area contributed by atoms with E-state index >= 15 is 0 Å². The molecule has 4 N–H and O–H groups in total. The van der Waals surface area contributed by atoms with Crippen LogP contribution in [0.4, 0.5) is 5.69 Å². The van der Waals surface area contributed by atoms with E-state index in [1.165, 1.54) is 0 Å². The molecule has 8 heteroatoms. The summed E-state index contributed by atoms with van der Waals surface area (Å²) in [5.74, 6) is 1.33. The van der Waals surface area contributed by atoms with Crippen LogP contribution in [-0.2, 0) is 4.79 Å². The molecule has 1 rings (SSSR count). The van der Waals surface area contributed by atoms with Gasteiger partial charge < -0.3 is 25.8 Å². The third-order valence-electron chi connectivity index (χ3n) is 2.79. The van der Waals surface area contributed by atoms with Crippen molar-refractivity contribution in [1.29, 1.82) is 0 Å². The summed E-state index contributed by atoms with van der Waals surface area (Å²) in [5.41, 5.74) is 6.48. The number of amides is 1. The second kappa shape index (κ2) is 12.7. The number of halogens is 1. The number of hydrogen-bond acceptors (Lipinski definition) is 4. The van der Waals surface area contributed by atoms with Gasteiger partial charge in [0.2, 0.25) is 5.91 Å². The lowest BCUT2D eigenvalue weighted by molar-refractivity contribution is -0.119. The van der Waals surface area contributed by atoms with Crippen molar-refractivity contribution in [2.45, 2.75) is 27.2 Å². The Bertz CT molecular complexity index is 538. The number of aliphatic imine (C=N–C) groups is 1. The molecular formula is C16H27IN4O3. The number of ether oxygens (including phenoxy) is 2. The zero-order chi connectivity index (χ0) is 17.1. The molecule has 0 aliphatic rings. The van der Waals surface area contributed by atoms with E-state index in [1.54, 1.807) is 12.1 Å². The predicted molar refractivity (Wildman–Crippen MR) is 108 cm³/mol. The topological polar surface area (TPSA) is 98.0 Å². The third-order valence-corrected chi connectivity index (χ3v) is 2.79. The lowest BCUT2D eigenvalue weighted by atomic mass is 10.2. The van der Waals surface area contributed by atoms with Crippen molar-refractivity contribution < 1.29 is 14.3 Å². The van der Waals surface area contributed by atoms with Gasteiger partial charge in [0.05, 0.1) is 18.9 Å². The number of guanidine groups is 1. The average molecular weight is 450 g/mol. The standard InChI is InChI=1S/C16H26N4O3.HI/c1-4-9-18-15(21)11-19-16(17)20-13-10-12(22-5-2)7-8-14(13)23-6-3;/h7-8,10H,4-6,9,11H2,1-3H3,(H,18,21)(H3,17,19,20);1H. The van der Waals surface area contributed by atoms with E-state index in [9.17, 15) is 4.79 Å². The molecule has 0 spiro atoms. The zero-order valence-electron chi connectivity index (χ0n) is 14.4. The smallest absolute Gasteiger partial charge is 0.241 e. The Morgan fingerprint density at radius 2 is 1.92 bits per heavy atom. The first-order valence-corrected chi connectivity index (χ1v) is 7.83. The Balaban J connectivity index is 0.00000529. The summed E-state index contributed by atoms with van der Waals surface area (Å²) in [5, 5.41) is 5.68. The number of anilines is 1. The van der Waals surface area contributed by atoms with Gasteiger partial charge in [-0.05, 0) is 32.4 Å². The molecule has 0 saturated carbocycles. The first-order valence-electron chi connectivity index (χ1n) is 7.83. The van der Waals surface area contributed by atoms with Crippen molar-refractivity contribution in [2.24, 2.45) is 10.7 Å². The lowest BCUT2D eigenvalue weighted by Gasteiger charge is -2.14. The molecule has 1 aromatic carbocycles. The second-order valence-corrected chi connectivity index (χ2v) is 4.70. The fraction of sp³-hybridized carbons (Fsp3) is 0.500. The van der Waals surface area contributed by atoms with Crippen LogP contribution in [0.5, 0.6) is 11.5 Å². The van der Waals surface area contributed by atoms with Crippen LogP contribution in [-0.4, -0.2) is 38.2 Å². The summed E-state index contributed by atoms with van der Waals surface area (Å²) in [6.45, 7) is 7.50. The predicted octanol–water partition coefficient (Wildman–Crippen LogP) is 2.35. The van der Waals surface area contributed by atoms with Crippen LogP contribution < -0.4 is 25.8 Å². The van der Waals surface area contributed by atoms with Gasteiger partial charge in [0.1, 0.15) is 18.0 Å². The number of carbonyl (C=O) groups excluding carboxylic acids is 1. The molecule has 7 nitrogen and oxygen atoms in total. The Morgan fingerprint density at radius 1 is 1.21 bits per heavy atom. The van der Waals surface area contributed by atoms with Crippen LogP contribution >= 0.6 is 24.0 Å². The molecule has 0 fully saturated rings. The minimum Gasteiger partial charge on any atom is -0.494 e. The summed E-state index contributed by atoms with van der Waals surface area (Å²) < 4.78 is 11.0. The van der Waals surface area contributed by atoms with Gasteiger partial charge in [0.25, 0.3) is 0 Å². The first-order chi connectivity index (χ1) is 11.1. The molecule has 0 bridgehead atoms. The summed E-state index contributed by atoms with van der Waals surface area (Å²) in [6, 6.07) is 5.41. The molecule has 0 radical (unpaired) electrons. The molecule has 0 aliphatic heterocycles. The number of benzene rings is 1. The minimum atomic E-state index is -0.162. The van der Waals surface area contributed by atoms with Crippen LogP contribution in [0.3, 0.4) is 0 Å². The molecular weight excluding hydrogens is 423 g/mol. The zero-order valence-corrected chi connectivity index (χ0v) is 16.8. The Labute approximate surface area is 160 Å². The molecule has 136 valence electrons. The van der Waals surface area contributed by atoms with Gasteiger partial charge in [0.15, 0.2) is 5.96 Å². The fourth-order valence-corrected chi connectivity index (χ4v) is 1.80. The Kier molecular flexibility index (Phi) is 11.8. The van der Waals surface area contributed by atoms with Crippen molar-refractivity contribution in [3.8, 4) is 11.5 Å². The highest BCUT2D eigenvalue weighted by molar-refractivity contribution is 14.0. The van der Waals surface area contributed by atoms with Crippen molar-refractivity contribution in [3.05, 3.63) is 18.2 Å². The maximum absolute atomic E-state index is 11.5. The number of nitrogens with one attached hydrogen (secondary N) is 2. The van der Waals surface area contributed by atoms with E-state index in [4.69, 9.17) is 15.2 Å². The monoisotopic (exact) mass is 450 g/mol. The second-order valence-electron chi connectivity index (χ2n) is 4.70. The third kappa shape index (κ3) is 8.23. The van der Waals surface area contributed by atoms with Gasteiger partial charge in [-0.1, -0.05) is 6.92 Å². The fourth-order valence-electron chi connectivity index (χ4n) is 1.80. The minimum absolute atomic E-state index is 0. The maximum Gasteiger partial charge on any atom is 0.241 e. The molecule has 0 unspecified atom stereocenters. The first kappa shape index (κ1) is 22.3. The molecule has 1 aromatic rings. The van der Waals surface area contributed by atoms with E-state index < -0.39 is 0 Å². The van der Waals surface area contributed by atoms with Gasteiger partial charge in [-0.2, -0.15) is 0 Å². The molecule has 0 heterocycles. The largest absolute Gasteiger partial charge is 0.494 e. The SMILES string of the molecule is CCCNC(=O)CN=C(N)Nc1cc(OCC)ccc1OCC.I. The van der Waals surface area contributed by atoms with Crippen LogP contribution in [0, 0.1) is 0 Å². The molecule has 0 atom stereocenters. The highest BCUT2D eigenvalue weighted by Gasteiger charge is 2.07. The number of nitrogens with two attached hydrogens (primary N) is 1. The Hall–Kier alpha value is -1.71. The van der Waals surface area contributed by atoms with Crippen LogP contribution in [0.25, 0.3) is 0 Å². The van der Waals surface area contributed by atoms with Crippen LogP contribution in [0.2, 0.25) is 0 Å². The molecule has 0 aliphatic carbocycles. The number of hydrogen-bond donors (Lipinski definition) is 3. The lowest BCUT2D eigenvalue weighted by Crippen LogP contribution is -2.29. The van der Waals surface area contributed by atoms with Crippen molar-refractivity contribution in [3.63, 3.8) is 0 Å². The maximum atomic E-state index is 11.5. The highest BCUT2D eigenvalue weighted by Crippen LogP contribution is 2.29. The normalized spacial score (nSPS) is 10.5. The highest BCUT2D eigenvalue weighted by atomic mass is 127. The van der Waals surface area contributed by atoms with Crippen LogP contribution in [0.1, 0.15) is 27.2 Å². The summed E-state index contributed by atoms with van der Waals surface area (Å²) in [4.78, 5) is 15.5. The van der Waals surface area contributed by atoms with E-state index in [2.05, 4.69) is 15.6 Å². The van der Waals surface area contributed by atoms with Crippen molar-refractivity contribution in [1.82, 2.24) is 5.32 Å². The molecule has 24 heavy (non-hydrogen) atoms. The average Bonchev–Trinajstić information content (AvgIpc) is 2.54. The summed E-state index contributed by atoms with van der Waals surface area (Å²) in [6.07, 6.45) is 0.880. The number of carbonyl (C=O) groups is 1. The van der Waals surface area contributed by atoms with Gasteiger partial charge in [-0.15, -0.1) is 24.0 Å². The molecule has 1 amide bonds. The van der Waals surface area contributed by atoms with Gasteiger partial charge >= 0.3 is 0 Å². The van der Waals surface area contributed by atoms with Gasteiger partial charge in [0, 0.05) is 12.6 Å². The van der Waals surface area contributed by atoms with E-state index in [-0.39, 0.29) is 42.4 Å². The summed E-state index contributed by atoms with van der Waals surface area (Å²) >= 11 is 0. The van der Waals surface area contributed by atoms with Gasteiger partial charge in [-0.3, -0.25) is 4.79 Å². The van der Waals surface area contributed by atoms with E-state index in [1.807, 2.05) is 26.8 Å².